The third-order valence-corrected chi connectivity index (χ3v) is 5.63. The molecule has 0 amide bonds. The topological polar surface area (TPSA) is 70.0 Å². The largest absolute Gasteiger partial charge is 0.482 e. The van der Waals surface area contributed by atoms with Gasteiger partial charge in [0.2, 0.25) is 0 Å². The van der Waals surface area contributed by atoms with Crippen molar-refractivity contribution in [2.45, 2.75) is 52.2 Å². The average Bonchev–Trinajstić information content (AvgIpc) is 2.79. The number of piperidine rings is 1. The van der Waals surface area contributed by atoms with Crippen molar-refractivity contribution in [1.29, 1.82) is 0 Å². The SMILES string of the molecule is CC.CC(C(O)c1ccc(OCC(=O)O)cc1)N1CCC(Cc2ccccc2)CC1. The van der Waals surface area contributed by atoms with Gasteiger partial charge in [-0.25, -0.2) is 4.79 Å². The second kappa shape index (κ2) is 12.4. The van der Waals surface area contributed by atoms with E-state index in [2.05, 4.69) is 42.2 Å². The predicted molar refractivity (Wildman–Crippen MR) is 120 cm³/mol. The highest BCUT2D eigenvalue weighted by molar-refractivity contribution is 5.68. The molecule has 1 aliphatic rings. The van der Waals surface area contributed by atoms with Crippen LogP contribution in [0.5, 0.6) is 5.75 Å². The number of ether oxygens (including phenoxy) is 1. The van der Waals surface area contributed by atoms with E-state index in [1.165, 1.54) is 5.56 Å². The molecule has 0 radical (unpaired) electrons. The zero-order valence-corrected chi connectivity index (χ0v) is 18.3. The molecule has 5 nitrogen and oxygen atoms in total. The van der Waals surface area contributed by atoms with Crippen molar-refractivity contribution in [3.05, 3.63) is 65.7 Å². The molecule has 0 spiro atoms. The van der Waals surface area contributed by atoms with Gasteiger partial charge in [-0.15, -0.1) is 0 Å². The number of aliphatic carboxylic acids is 1. The molecule has 3 rings (SSSR count). The zero-order valence-electron chi connectivity index (χ0n) is 18.3. The molecule has 164 valence electrons. The van der Waals surface area contributed by atoms with E-state index in [0.29, 0.717) is 11.7 Å². The summed E-state index contributed by atoms with van der Waals surface area (Å²) in [5.74, 6) is 0.190. The molecule has 1 heterocycles. The number of aliphatic hydroxyl groups is 1. The molecule has 2 aromatic rings. The minimum atomic E-state index is -1.01. The van der Waals surface area contributed by atoms with Gasteiger partial charge >= 0.3 is 5.97 Å². The molecule has 30 heavy (non-hydrogen) atoms. The quantitative estimate of drug-likeness (QED) is 0.664. The maximum absolute atomic E-state index is 10.8. The Bertz CT molecular complexity index is 740. The summed E-state index contributed by atoms with van der Waals surface area (Å²) in [5.41, 5.74) is 2.22. The fraction of sp³-hybridized carbons (Fsp3) is 0.480. The van der Waals surface area contributed by atoms with Crippen molar-refractivity contribution < 1.29 is 19.7 Å². The summed E-state index contributed by atoms with van der Waals surface area (Å²) in [7, 11) is 0. The molecular weight excluding hydrogens is 378 g/mol. The van der Waals surface area contributed by atoms with E-state index in [4.69, 9.17) is 9.84 Å². The Morgan fingerprint density at radius 1 is 1.07 bits per heavy atom. The fourth-order valence-corrected chi connectivity index (χ4v) is 3.90. The number of hydrogen-bond acceptors (Lipinski definition) is 4. The van der Waals surface area contributed by atoms with Gasteiger partial charge in [0.15, 0.2) is 6.61 Å². The number of hydrogen-bond donors (Lipinski definition) is 2. The van der Waals surface area contributed by atoms with Gasteiger partial charge in [0.05, 0.1) is 6.10 Å². The molecular formula is C25H35NO4. The molecule has 1 fully saturated rings. The molecule has 0 saturated carbocycles. The highest BCUT2D eigenvalue weighted by Crippen LogP contribution is 2.28. The third-order valence-electron chi connectivity index (χ3n) is 5.63. The van der Waals surface area contributed by atoms with Gasteiger partial charge in [0, 0.05) is 6.04 Å². The van der Waals surface area contributed by atoms with E-state index < -0.39 is 12.1 Å². The number of benzene rings is 2. The average molecular weight is 414 g/mol. The third kappa shape index (κ3) is 7.15. The number of carboxylic acid groups (broad SMARTS) is 1. The van der Waals surface area contributed by atoms with Crippen molar-refractivity contribution in [2.24, 2.45) is 5.92 Å². The molecule has 2 aromatic carbocycles. The molecule has 0 aromatic heterocycles. The Balaban J connectivity index is 0.00000155. The first-order chi connectivity index (χ1) is 14.5. The van der Waals surface area contributed by atoms with Crippen molar-refractivity contribution in [1.82, 2.24) is 4.90 Å². The second-order valence-electron chi connectivity index (χ2n) is 7.61. The highest BCUT2D eigenvalue weighted by Gasteiger charge is 2.27. The van der Waals surface area contributed by atoms with Crippen LogP contribution in [0.4, 0.5) is 0 Å². The van der Waals surface area contributed by atoms with Crippen LogP contribution in [0.25, 0.3) is 0 Å². The second-order valence-corrected chi connectivity index (χ2v) is 7.61. The van der Waals surface area contributed by atoms with Crippen LogP contribution >= 0.6 is 0 Å². The van der Waals surface area contributed by atoms with Crippen LogP contribution in [0.1, 0.15) is 50.8 Å². The molecule has 2 N–H and O–H groups in total. The van der Waals surface area contributed by atoms with Crippen LogP contribution in [0, 0.1) is 5.92 Å². The molecule has 2 unspecified atom stereocenters. The number of aliphatic hydroxyl groups excluding tert-OH is 1. The Hall–Kier alpha value is -2.37. The first kappa shape index (κ1) is 23.9. The van der Waals surface area contributed by atoms with Gasteiger partial charge in [0.1, 0.15) is 5.75 Å². The lowest BCUT2D eigenvalue weighted by atomic mass is 9.89. The van der Waals surface area contributed by atoms with E-state index in [-0.39, 0.29) is 12.6 Å². The number of carbonyl (C=O) groups is 1. The van der Waals surface area contributed by atoms with E-state index in [9.17, 15) is 9.90 Å². The summed E-state index contributed by atoms with van der Waals surface area (Å²) in [6.45, 7) is 7.69. The van der Waals surface area contributed by atoms with Crippen LogP contribution in [-0.2, 0) is 11.2 Å². The first-order valence-corrected chi connectivity index (χ1v) is 10.9. The Labute approximate surface area is 180 Å². The van der Waals surface area contributed by atoms with Gasteiger partial charge in [-0.3, -0.25) is 4.90 Å². The minimum absolute atomic E-state index is 0.0310. The lowest BCUT2D eigenvalue weighted by molar-refractivity contribution is -0.139. The van der Waals surface area contributed by atoms with Gasteiger partial charge in [-0.1, -0.05) is 56.3 Å². The predicted octanol–water partition coefficient (Wildman–Crippen LogP) is 4.55. The molecule has 0 bridgehead atoms. The Morgan fingerprint density at radius 2 is 1.67 bits per heavy atom. The maximum Gasteiger partial charge on any atom is 0.341 e. The summed E-state index contributed by atoms with van der Waals surface area (Å²) in [4.78, 5) is 12.9. The monoisotopic (exact) mass is 413 g/mol. The summed E-state index contributed by atoms with van der Waals surface area (Å²) >= 11 is 0. The molecule has 0 aliphatic carbocycles. The van der Waals surface area contributed by atoms with Crippen LogP contribution < -0.4 is 4.74 Å². The molecule has 1 aliphatic heterocycles. The van der Waals surface area contributed by atoms with Crippen molar-refractivity contribution in [3.63, 3.8) is 0 Å². The number of likely N-dealkylation sites (tertiary alicyclic amines) is 1. The molecule has 5 heteroatoms. The van der Waals surface area contributed by atoms with Crippen LogP contribution in [0.3, 0.4) is 0 Å². The van der Waals surface area contributed by atoms with Crippen molar-refractivity contribution in [3.8, 4) is 5.75 Å². The van der Waals surface area contributed by atoms with E-state index in [0.717, 1.165) is 37.9 Å². The van der Waals surface area contributed by atoms with Crippen LogP contribution in [0.15, 0.2) is 54.6 Å². The minimum Gasteiger partial charge on any atom is -0.482 e. The van der Waals surface area contributed by atoms with Gasteiger partial charge in [-0.05, 0) is 68.5 Å². The first-order valence-electron chi connectivity index (χ1n) is 10.9. The van der Waals surface area contributed by atoms with Gasteiger partial charge in [0.25, 0.3) is 0 Å². The van der Waals surface area contributed by atoms with E-state index in [1.54, 1.807) is 24.3 Å². The van der Waals surface area contributed by atoms with Gasteiger partial charge < -0.3 is 14.9 Å². The summed E-state index contributed by atoms with van der Waals surface area (Å²) < 4.78 is 5.15. The van der Waals surface area contributed by atoms with Crippen molar-refractivity contribution in [2.75, 3.05) is 19.7 Å². The van der Waals surface area contributed by atoms with Crippen molar-refractivity contribution >= 4 is 5.97 Å². The Kier molecular flexibility index (Phi) is 9.84. The molecule has 2 atom stereocenters. The van der Waals surface area contributed by atoms with E-state index in [1.807, 2.05) is 13.8 Å². The standard InChI is InChI=1S/C23H29NO4.C2H6/c1-17(23(27)20-7-9-21(10-8-20)28-16-22(25)26)24-13-11-19(12-14-24)15-18-5-3-2-4-6-18;1-2/h2-10,17,19,23,27H,11-16H2,1H3,(H,25,26);1-2H3. The van der Waals surface area contributed by atoms with E-state index >= 15 is 0 Å². The number of rotatable bonds is 8. The van der Waals surface area contributed by atoms with Crippen LogP contribution in [0.2, 0.25) is 0 Å². The molecule has 1 saturated heterocycles. The van der Waals surface area contributed by atoms with Gasteiger partial charge in [-0.2, -0.15) is 0 Å². The normalized spacial score (nSPS) is 16.8. The highest BCUT2D eigenvalue weighted by atomic mass is 16.5. The Morgan fingerprint density at radius 3 is 2.23 bits per heavy atom. The summed E-state index contributed by atoms with van der Waals surface area (Å²) in [6, 6.07) is 17.7. The maximum atomic E-state index is 10.8. The number of carboxylic acids is 1. The summed E-state index contributed by atoms with van der Waals surface area (Å²) in [5, 5.41) is 19.4. The lowest BCUT2D eigenvalue weighted by Gasteiger charge is -2.38. The zero-order chi connectivity index (χ0) is 21.9. The fourth-order valence-electron chi connectivity index (χ4n) is 3.90. The lowest BCUT2D eigenvalue weighted by Crippen LogP contribution is -2.43. The van der Waals surface area contributed by atoms with Crippen LogP contribution in [-0.4, -0.2) is 46.8 Å². The smallest absolute Gasteiger partial charge is 0.341 e. The number of nitrogens with zero attached hydrogens (tertiary/aromatic N) is 1. The summed E-state index contributed by atoms with van der Waals surface area (Å²) in [6.07, 6.45) is 2.84.